The molecule has 0 bridgehead atoms. The Bertz CT molecular complexity index is 739. The molecule has 0 radical (unpaired) electrons. The second kappa shape index (κ2) is 5.02. The molecule has 0 amide bonds. The molecule has 0 N–H and O–H groups in total. The Hall–Kier alpha value is -2.86. The van der Waals surface area contributed by atoms with E-state index in [1.54, 1.807) is 6.07 Å². The number of hydrogen-bond donors (Lipinski definition) is 0. The van der Waals surface area contributed by atoms with Crippen LogP contribution in [0.5, 0.6) is 0 Å². The molecule has 0 saturated carbocycles. The van der Waals surface area contributed by atoms with E-state index in [0.29, 0.717) is 0 Å². The van der Waals surface area contributed by atoms with Gasteiger partial charge in [0.15, 0.2) is 23.3 Å². The molecule has 0 fully saturated rings. The Balaban J connectivity index is 2.75. The van der Waals surface area contributed by atoms with E-state index in [-0.39, 0.29) is 11.1 Å². The van der Waals surface area contributed by atoms with Crippen molar-refractivity contribution >= 4 is 0 Å². The molecule has 0 saturated heterocycles. The van der Waals surface area contributed by atoms with Gasteiger partial charge in [-0.3, -0.25) is 0 Å². The minimum Gasteiger partial charge on any atom is -0.203 e. The van der Waals surface area contributed by atoms with Gasteiger partial charge >= 0.3 is 0 Å². The number of rotatable bonds is 1. The Labute approximate surface area is 111 Å². The fraction of sp³-hybridized carbons (Fsp3) is 0. The average molecular weight is 276 g/mol. The number of nitrogens with zero attached hydrogens (tertiary/aromatic N) is 2. The fourth-order valence-corrected chi connectivity index (χ4v) is 1.69. The van der Waals surface area contributed by atoms with Gasteiger partial charge < -0.3 is 0 Å². The zero-order chi connectivity index (χ0) is 14.9. The quantitative estimate of drug-likeness (QED) is 0.589. The van der Waals surface area contributed by atoms with Crippen LogP contribution < -0.4 is 0 Å². The summed E-state index contributed by atoms with van der Waals surface area (Å²) in [5.41, 5.74) is -2.13. The second-order valence-electron chi connectivity index (χ2n) is 3.81. The minimum absolute atomic E-state index is 0.138. The summed E-state index contributed by atoms with van der Waals surface area (Å²) in [7, 11) is 0. The van der Waals surface area contributed by atoms with Crippen LogP contribution >= 0.6 is 0 Å². The van der Waals surface area contributed by atoms with Gasteiger partial charge in [0, 0.05) is 0 Å². The van der Waals surface area contributed by atoms with Crippen LogP contribution in [-0.2, 0) is 0 Å². The van der Waals surface area contributed by atoms with Crippen molar-refractivity contribution in [1.29, 1.82) is 10.5 Å². The van der Waals surface area contributed by atoms with Crippen LogP contribution in [0.3, 0.4) is 0 Å². The highest BCUT2D eigenvalue weighted by Gasteiger charge is 2.26. The molecular formula is C14H4F4N2. The van der Waals surface area contributed by atoms with Gasteiger partial charge in [-0.2, -0.15) is 10.5 Å². The van der Waals surface area contributed by atoms with Crippen molar-refractivity contribution in [3.05, 3.63) is 58.7 Å². The molecule has 98 valence electrons. The summed E-state index contributed by atoms with van der Waals surface area (Å²) >= 11 is 0. The molecule has 0 unspecified atom stereocenters. The first-order valence-corrected chi connectivity index (χ1v) is 5.27. The standard InChI is InChI=1S/C14H4F4N2/c15-11-9(6-20)12(16)14(18)10(13(11)17)8-3-1-7(5-19)2-4-8/h1-4H. The van der Waals surface area contributed by atoms with Crippen molar-refractivity contribution in [3.63, 3.8) is 0 Å². The second-order valence-corrected chi connectivity index (χ2v) is 3.81. The first-order valence-electron chi connectivity index (χ1n) is 5.27. The summed E-state index contributed by atoms with van der Waals surface area (Å²) in [6.07, 6.45) is 0. The molecule has 2 nitrogen and oxygen atoms in total. The predicted molar refractivity (Wildman–Crippen MR) is 61.1 cm³/mol. The van der Waals surface area contributed by atoms with Crippen molar-refractivity contribution < 1.29 is 17.6 Å². The number of halogens is 4. The summed E-state index contributed by atoms with van der Waals surface area (Å²) in [6.45, 7) is 0. The van der Waals surface area contributed by atoms with Crippen molar-refractivity contribution in [2.45, 2.75) is 0 Å². The molecule has 20 heavy (non-hydrogen) atoms. The molecule has 0 aliphatic heterocycles. The maximum absolute atomic E-state index is 13.8. The van der Waals surface area contributed by atoms with E-state index in [4.69, 9.17) is 10.5 Å². The molecule has 0 aliphatic rings. The van der Waals surface area contributed by atoms with E-state index in [2.05, 4.69) is 0 Å². The largest absolute Gasteiger partial charge is 0.203 e. The third-order valence-corrected chi connectivity index (χ3v) is 2.68. The highest BCUT2D eigenvalue weighted by atomic mass is 19.2. The van der Waals surface area contributed by atoms with Gasteiger partial charge in [0.1, 0.15) is 11.6 Å². The van der Waals surface area contributed by atoms with Crippen molar-refractivity contribution in [1.82, 2.24) is 0 Å². The first-order chi connectivity index (χ1) is 9.51. The van der Waals surface area contributed by atoms with Crippen LogP contribution in [0, 0.1) is 45.9 Å². The summed E-state index contributed by atoms with van der Waals surface area (Å²) in [5.74, 6) is -6.79. The van der Waals surface area contributed by atoms with Crippen LogP contribution in [0.4, 0.5) is 17.6 Å². The van der Waals surface area contributed by atoms with Gasteiger partial charge in [0.25, 0.3) is 0 Å². The maximum atomic E-state index is 13.8. The molecule has 0 spiro atoms. The van der Waals surface area contributed by atoms with Crippen LogP contribution in [0.2, 0.25) is 0 Å². The summed E-state index contributed by atoms with van der Waals surface area (Å²) in [5, 5.41) is 17.1. The van der Waals surface area contributed by atoms with Crippen LogP contribution in [-0.4, -0.2) is 0 Å². The monoisotopic (exact) mass is 276 g/mol. The maximum Gasteiger partial charge on any atom is 0.180 e. The van der Waals surface area contributed by atoms with Gasteiger partial charge in [-0.25, -0.2) is 17.6 Å². The van der Waals surface area contributed by atoms with Gasteiger partial charge in [-0.05, 0) is 17.7 Å². The van der Waals surface area contributed by atoms with Gasteiger partial charge in [-0.1, -0.05) is 12.1 Å². The summed E-state index contributed by atoms with van der Waals surface area (Å²) < 4.78 is 54.5. The van der Waals surface area contributed by atoms with Gasteiger partial charge in [0.05, 0.1) is 17.2 Å². The van der Waals surface area contributed by atoms with Crippen molar-refractivity contribution in [2.75, 3.05) is 0 Å². The Morgan fingerprint density at radius 3 is 1.60 bits per heavy atom. The zero-order valence-corrected chi connectivity index (χ0v) is 9.72. The Morgan fingerprint density at radius 2 is 1.20 bits per heavy atom. The Morgan fingerprint density at radius 1 is 0.700 bits per heavy atom. The fourth-order valence-electron chi connectivity index (χ4n) is 1.69. The van der Waals surface area contributed by atoms with E-state index in [1.165, 1.54) is 12.1 Å². The molecule has 2 aromatic carbocycles. The molecular weight excluding hydrogens is 272 g/mol. The molecule has 2 rings (SSSR count). The molecule has 0 atom stereocenters. The third kappa shape index (κ3) is 1.98. The average Bonchev–Trinajstić information content (AvgIpc) is 2.47. The van der Waals surface area contributed by atoms with E-state index >= 15 is 0 Å². The molecule has 0 aromatic heterocycles. The predicted octanol–water partition coefficient (Wildman–Crippen LogP) is 3.65. The lowest BCUT2D eigenvalue weighted by Gasteiger charge is -2.08. The molecule has 6 heteroatoms. The third-order valence-electron chi connectivity index (χ3n) is 2.68. The summed E-state index contributed by atoms with van der Waals surface area (Å²) in [6, 6.07) is 7.69. The van der Waals surface area contributed by atoms with Crippen LogP contribution in [0.25, 0.3) is 11.1 Å². The first kappa shape index (κ1) is 13.6. The topological polar surface area (TPSA) is 47.6 Å². The highest BCUT2D eigenvalue weighted by molar-refractivity contribution is 5.67. The lowest BCUT2D eigenvalue weighted by atomic mass is 10.0. The number of benzene rings is 2. The number of nitriles is 2. The summed E-state index contributed by atoms with van der Waals surface area (Å²) in [4.78, 5) is 0. The van der Waals surface area contributed by atoms with Gasteiger partial charge in [0.2, 0.25) is 0 Å². The van der Waals surface area contributed by atoms with E-state index in [9.17, 15) is 17.6 Å². The lowest BCUT2D eigenvalue weighted by molar-refractivity contribution is 0.454. The molecule has 2 aromatic rings. The molecule has 0 aliphatic carbocycles. The highest BCUT2D eigenvalue weighted by Crippen LogP contribution is 2.31. The Kier molecular flexibility index (Phi) is 3.41. The van der Waals surface area contributed by atoms with Crippen LogP contribution in [0.15, 0.2) is 24.3 Å². The van der Waals surface area contributed by atoms with E-state index in [0.717, 1.165) is 18.2 Å². The minimum atomic E-state index is -1.74. The molecule has 0 heterocycles. The lowest BCUT2D eigenvalue weighted by Crippen LogP contribution is -2.03. The number of hydrogen-bond acceptors (Lipinski definition) is 2. The van der Waals surface area contributed by atoms with E-state index in [1.807, 2.05) is 0 Å². The zero-order valence-electron chi connectivity index (χ0n) is 9.72. The SMILES string of the molecule is N#Cc1ccc(-c2c(F)c(F)c(C#N)c(F)c2F)cc1. The van der Waals surface area contributed by atoms with Crippen LogP contribution in [0.1, 0.15) is 11.1 Å². The van der Waals surface area contributed by atoms with Gasteiger partial charge in [-0.15, -0.1) is 0 Å². The normalized spacial score (nSPS) is 9.90. The van der Waals surface area contributed by atoms with Crippen molar-refractivity contribution in [2.24, 2.45) is 0 Å². The smallest absolute Gasteiger partial charge is 0.180 e. The van der Waals surface area contributed by atoms with Crippen molar-refractivity contribution in [3.8, 4) is 23.3 Å². The van der Waals surface area contributed by atoms with E-state index < -0.39 is 34.4 Å².